The van der Waals surface area contributed by atoms with Gasteiger partial charge >= 0.3 is 0 Å². The molecule has 3 aromatic rings. The molecule has 36 heavy (non-hydrogen) atoms. The predicted octanol–water partition coefficient (Wildman–Crippen LogP) is 4.60. The Balaban J connectivity index is 1.62. The van der Waals surface area contributed by atoms with Crippen LogP contribution in [0.3, 0.4) is 0 Å². The van der Waals surface area contributed by atoms with Crippen molar-refractivity contribution in [3.63, 3.8) is 0 Å². The summed E-state index contributed by atoms with van der Waals surface area (Å²) in [6.07, 6.45) is 4.03. The number of nitrogens with one attached hydrogen (secondary N) is 1. The number of aromatic nitrogens is 2. The van der Waals surface area contributed by atoms with Crippen molar-refractivity contribution in [3.8, 4) is 29.1 Å². The number of rotatable bonds is 12. The van der Waals surface area contributed by atoms with E-state index in [0.717, 1.165) is 12.0 Å². The Labute approximate surface area is 213 Å². The number of carbonyl (C=O) groups excluding carboxylic acids is 1. The summed E-state index contributed by atoms with van der Waals surface area (Å²) in [7, 11) is 3.10. The first-order valence-electron chi connectivity index (χ1n) is 10.9. The van der Waals surface area contributed by atoms with E-state index in [1.165, 1.54) is 24.5 Å². The van der Waals surface area contributed by atoms with E-state index in [1.807, 2.05) is 30.3 Å². The summed E-state index contributed by atoms with van der Waals surface area (Å²) in [5.74, 6) is 1.64. The van der Waals surface area contributed by atoms with Crippen molar-refractivity contribution in [2.45, 2.75) is 13.3 Å². The van der Waals surface area contributed by atoms with Crippen LogP contribution >= 0.6 is 11.3 Å². The van der Waals surface area contributed by atoms with E-state index in [0.29, 0.717) is 38.7 Å². The molecule has 1 heterocycles. The van der Waals surface area contributed by atoms with Crippen LogP contribution in [-0.4, -0.2) is 43.5 Å². The second kappa shape index (κ2) is 12.9. The van der Waals surface area contributed by atoms with Crippen LogP contribution < -0.4 is 24.3 Å². The molecule has 1 N–H and O–H groups in total. The van der Waals surface area contributed by atoms with E-state index in [9.17, 15) is 10.1 Å². The zero-order valence-corrected chi connectivity index (χ0v) is 21.1. The van der Waals surface area contributed by atoms with Crippen LogP contribution in [0.2, 0.25) is 0 Å². The average Bonchev–Trinajstić information content (AvgIpc) is 3.30. The Morgan fingerprint density at radius 1 is 1.06 bits per heavy atom. The van der Waals surface area contributed by atoms with Gasteiger partial charge in [0.1, 0.15) is 29.9 Å². The van der Waals surface area contributed by atoms with Crippen LogP contribution in [0.1, 0.15) is 16.1 Å². The summed E-state index contributed by atoms with van der Waals surface area (Å²) >= 11 is 1.22. The quantitative estimate of drug-likeness (QED) is 0.164. The number of hydrogen-bond acceptors (Lipinski definition) is 9. The number of allylic oxidation sites excluding steroid dienone is 1. The van der Waals surface area contributed by atoms with Gasteiger partial charge in [0.05, 0.1) is 14.2 Å². The van der Waals surface area contributed by atoms with Gasteiger partial charge in [0.25, 0.3) is 5.91 Å². The van der Waals surface area contributed by atoms with Crippen molar-refractivity contribution in [1.82, 2.24) is 10.2 Å². The molecule has 3 rings (SSSR count). The summed E-state index contributed by atoms with van der Waals surface area (Å²) in [6, 6.07) is 12.7. The molecule has 0 saturated carbocycles. The fourth-order valence-corrected chi connectivity index (χ4v) is 3.73. The lowest BCUT2D eigenvalue weighted by molar-refractivity contribution is -0.112. The highest BCUT2D eigenvalue weighted by Crippen LogP contribution is 2.30. The van der Waals surface area contributed by atoms with Gasteiger partial charge in [0, 0.05) is 0 Å². The van der Waals surface area contributed by atoms with Crippen molar-refractivity contribution < 1.29 is 23.7 Å². The number of nitrogens with zero attached hydrogens (tertiary/aromatic N) is 3. The number of hydrogen-bond donors (Lipinski definition) is 1. The molecule has 186 valence electrons. The highest BCUT2D eigenvalue weighted by molar-refractivity contribution is 7.15. The largest absolute Gasteiger partial charge is 0.493 e. The average molecular weight is 507 g/mol. The summed E-state index contributed by atoms with van der Waals surface area (Å²) in [5.41, 5.74) is 1.59. The van der Waals surface area contributed by atoms with Gasteiger partial charge in [-0.05, 0) is 54.8 Å². The Bertz CT molecular complexity index is 1300. The molecular weight excluding hydrogens is 480 g/mol. The Hall–Kier alpha value is -4.36. The molecule has 1 amide bonds. The summed E-state index contributed by atoms with van der Waals surface area (Å²) in [6.45, 7) is 6.06. The first kappa shape index (κ1) is 26.2. The molecular formula is C26H26N4O5S. The molecule has 0 unspecified atom stereocenters. The normalized spacial score (nSPS) is 10.8. The van der Waals surface area contributed by atoms with E-state index >= 15 is 0 Å². The predicted molar refractivity (Wildman–Crippen MR) is 138 cm³/mol. The molecule has 0 radical (unpaired) electrons. The third kappa shape index (κ3) is 7.07. The van der Waals surface area contributed by atoms with Gasteiger partial charge in [0.15, 0.2) is 23.0 Å². The van der Waals surface area contributed by atoms with Gasteiger partial charge in [-0.1, -0.05) is 29.5 Å². The van der Waals surface area contributed by atoms with Crippen molar-refractivity contribution in [2.24, 2.45) is 0 Å². The van der Waals surface area contributed by atoms with Gasteiger partial charge in [0.2, 0.25) is 5.13 Å². The topological polar surface area (TPSA) is 116 Å². The molecule has 0 aliphatic rings. The number of aryl methyl sites for hydroxylation is 1. The summed E-state index contributed by atoms with van der Waals surface area (Å²) in [5, 5.41) is 20.7. The number of anilines is 1. The van der Waals surface area contributed by atoms with Gasteiger partial charge < -0.3 is 18.9 Å². The van der Waals surface area contributed by atoms with Gasteiger partial charge in [-0.2, -0.15) is 5.26 Å². The summed E-state index contributed by atoms with van der Waals surface area (Å²) < 4.78 is 22.5. The highest BCUT2D eigenvalue weighted by Gasteiger charge is 2.13. The Morgan fingerprint density at radius 2 is 1.72 bits per heavy atom. The molecule has 9 nitrogen and oxygen atoms in total. The number of nitriles is 1. The maximum atomic E-state index is 12.4. The van der Waals surface area contributed by atoms with Crippen molar-refractivity contribution in [2.75, 3.05) is 32.8 Å². The maximum Gasteiger partial charge on any atom is 0.268 e. The van der Waals surface area contributed by atoms with Gasteiger partial charge in [-0.15, -0.1) is 16.8 Å². The van der Waals surface area contributed by atoms with Crippen molar-refractivity contribution in [3.05, 3.63) is 70.8 Å². The Kier molecular flexibility index (Phi) is 9.42. The molecule has 0 saturated heterocycles. The minimum atomic E-state index is -0.571. The van der Waals surface area contributed by atoms with E-state index in [1.54, 1.807) is 32.2 Å². The number of amides is 1. The lowest BCUT2D eigenvalue weighted by Gasteiger charge is -2.14. The zero-order valence-electron chi connectivity index (χ0n) is 20.2. The molecule has 0 aliphatic carbocycles. The molecule has 0 spiro atoms. The molecule has 0 atom stereocenters. The maximum absolute atomic E-state index is 12.4. The fourth-order valence-electron chi connectivity index (χ4n) is 3.15. The molecule has 1 aromatic heterocycles. The lowest BCUT2D eigenvalue weighted by Crippen LogP contribution is -2.13. The third-order valence-corrected chi connectivity index (χ3v) is 5.57. The summed E-state index contributed by atoms with van der Waals surface area (Å²) in [4.78, 5) is 12.4. The monoisotopic (exact) mass is 506 g/mol. The van der Waals surface area contributed by atoms with Gasteiger partial charge in [-0.3, -0.25) is 10.1 Å². The van der Waals surface area contributed by atoms with Crippen LogP contribution in [0.15, 0.2) is 54.6 Å². The smallest absolute Gasteiger partial charge is 0.268 e. The first-order valence-corrected chi connectivity index (χ1v) is 11.7. The number of benzene rings is 2. The molecule has 0 fully saturated rings. The first-order chi connectivity index (χ1) is 17.5. The zero-order chi connectivity index (χ0) is 25.9. The van der Waals surface area contributed by atoms with Crippen LogP contribution in [0.5, 0.6) is 23.0 Å². The molecule has 2 aromatic carbocycles. The van der Waals surface area contributed by atoms with Crippen LogP contribution in [0.25, 0.3) is 6.08 Å². The van der Waals surface area contributed by atoms with E-state index in [4.69, 9.17) is 18.9 Å². The number of carbonyl (C=O) groups is 1. The highest BCUT2D eigenvalue weighted by atomic mass is 32.1. The number of ether oxygens (including phenoxy) is 4. The standard InChI is InChI=1S/C26H26N4O5S/c1-5-6-18-7-9-21(23(14-18)32-3)34-11-12-35-22-10-8-19(15-24(22)33-4)13-20(16-27)25(31)28-26-30-29-17(2)36-26/h5,7-10,13-15H,1,6,11-12H2,2-4H3,(H,28,30,31)/b20-13-. The van der Waals surface area contributed by atoms with Crippen LogP contribution in [-0.2, 0) is 11.2 Å². The Morgan fingerprint density at radius 3 is 2.31 bits per heavy atom. The minimum absolute atomic E-state index is 0.0833. The van der Waals surface area contributed by atoms with Crippen molar-refractivity contribution in [1.29, 1.82) is 5.26 Å². The van der Waals surface area contributed by atoms with Crippen LogP contribution in [0, 0.1) is 18.3 Å². The van der Waals surface area contributed by atoms with Crippen molar-refractivity contribution >= 4 is 28.5 Å². The molecule has 10 heteroatoms. The lowest BCUT2D eigenvalue weighted by atomic mass is 10.1. The SMILES string of the molecule is C=CCc1ccc(OCCOc2ccc(/C=C(/C#N)C(=O)Nc3nnc(C)s3)cc2OC)c(OC)c1. The minimum Gasteiger partial charge on any atom is -0.493 e. The van der Waals surface area contributed by atoms with E-state index < -0.39 is 5.91 Å². The van der Waals surface area contributed by atoms with E-state index in [2.05, 4.69) is 22.1 Å². The van der Waals surface area contributed by atoms with E-state index in [-0.39, 0.29) is 18.8 Å². The second-order valence-corrected chi connectivity index (χ2v) is 8.52. The van der Waals surface area contributed by atoms with Gasteiger partial charge in [-0.25, -0.2) is 0 Å². The third-order valence-electron chi connectivity index (χ3n) is 4.82. The van der Waals surface area contributed by atoms with Crippen LogP contribution in [0.4, 0.5) is 5.13 Å². The second-order valence-electron chi connectivity index (χ2n) is 7.34. The number of methoxy groups -OCH3 is 2. The fraction of sp³-hybridized carbons (Fsp3) is 0.231. The molecule has 0 bridgehead atoms. The molecule has 0 aliphatic heterocycles.